The molecule has 1 fully saturated rings. The lowest BCUT2D eigenvalue weighted by molar-refractivity contribution is 0.0142. The second-order valence-electron chi connectivity index (χ2n) is 11.5. The van der Waals surface area contributed by atoms with Gasteiger partial charge >= 0.3 is 18.2 Å². The number of amides is 1. The Morgan fingerprint density at radius 3 is 2.16 bits per heavy atom. The number of piperidine rings is 1. The second-order valence-corrected chi connectivity index (χ2v) is 11.5. The van der Waals surface area contributed by atoms with Gasteiger partial charge in [-0.15, -0.1) is 0 Å². The van der Waals surface area contributed by atoms with E-state index < -0.39 is 23.3 Å². The Morgan fingerprint density at radius 1 is 1.03 bits per heavy atom. The molecular formula is C27H40N4O6. The molecule has 1 saturated heterocycles. The van der Waals surface area contributed by atoms with Gasteiger partial charge in [0.25, 0.3) is 0 Å². The van der Waals surface area contributed by atoms with Crippen LogP contribution in [-0.2, 0) is 20.8 Å². The molecule has 2 aromatic rings. The van der Waals surface area contributed by atoms with Crippen LogP contribution in [0.3, 0.4) is 0 Å². The quantitative estimate of drug-likeness (QED) is 0.442. The van der Waals surface area contributed by atoms with E-state index in [0.717, 1.165) is 24.8 Å². The molecule has 3 rings (SSSR count). The van der Waals surface area contributed by atoms with Gasteiger partial charge in [-0.1, -0.05) is 6.92 Å². The number of rotatable bonds is 5. The summed E-state index contributed by atoms with van der Waals surface area (Å²) in [6, 6.07) is 1.59. The lowest BCUT2D eigenvalue weighted by atomic mass is 9.85. The molecule has 10 heteroatoms. The first kappa shape index (κ1) is 28.4. The molecule has 0 spiro atoms. The first-order chi connectivity index (χ1) is 17.2. The second kappa shape index (κ2) is 10.7. The van der Waals surface area contributed by atoms with Gasteiger partial charge in [-0.3, -0.25) is 0 Å². The van der Waals surface area contributed by atoms with E-state index in [1.54, 1.807) is 37.9 Å². The lowest BCUT2D eigenvalue weighted by Crippen LogP contribution is -2.54. The van der Waals surface area contributed by atoms with Gasteiger partial charge in [0.15, 0.2) is 5.65 Å². The zero-order chi connectivity index (χ0) is 27.6. The van der Waals surface area contributed by atoms with Crippen molar-refractivity contribution in [3.8, 4) is 0 Å². The molecule has 0 bridgehead atoms. The van der Waals surface area contributed by atoms with Crippen LogP contribution in [0.25, 0.3) is 11.0 Å². The molecule has 37 heavy (non-hydrogen) atoms. The number of ether oxygens (including phenoxy) is 3. The van der Waals surface area contributed by atoms with Crippen LogP contribution < -0.4 is 5.32 Å². The average Bonchev–Trinajstić information content (AvgIpc) is 3.19. The maximum atomic E-state index is 13.0. The average molecular weight is 517 g/mol. The van der Waals surface area contributed by atoms with Gasteiger partial charge in [0.05, 0.1) is 12.7 Å². The molecule has 0 saturated carbocycles. The van der Waals surface area contributed by atoms with Gasteiger partial charge in [-0.25, -0.2) is 23.9 Å². The fourth-order valence-electron chi connectivity index (χ4n) is 4.48. The van der Waals surface area contributed by atoms with Crippen LogP contribution in [0.1, 0.15) is 83.7 Å². The predicted molar refractivity (Wildman–Crippen MR) is 140 cm³/mol. The number of nitrogens with one attached hydrogen (secondary N) is 1. The summed E-state index contributed by atoms with van der Waals surface area (Å²) in [5.41, 5.74) is -0.0529. The van der Waals surface area contributed by atoms with Crippen LogP contribution in [-0.4, -0.2) is 69.5 Å². The van der Waals surface area contributed by atoms with Gasteiger partial charge < -0.3 is 24.4 Å². The number of methoxy groups -OCH3 is 1. The van der Waals surface area contributed by atoms with E-state index in [4.69, 9.17) is 14.2 Å². The van der Waals surface area contributed by atoms with Crippen LogP contribution in [0.5, 0.6) is 0 Å². The molecule has 1 amide bonds. The number of carbonyl (C=O) groups excluding carboxylic acids is 3. The topological polar surface area (TPSA) is 112 Å². The van der Waals surface area contributed by atoms with Crippen LogP contribution >= 0.6 is 0 Å². The summed E-state index contributed by atoms with van der Waals surface area (Å²) in [5.74, 6) is -0.508. The van der Waals surface area contributed by atoms with Crippen molar-refractivity contribution in [2.45, 2.75) is 91.0 Å². The van der Waals surface area contributed by atoms with E-state index in [9.17, 15) is 14.4 Å². The minimum absolute atomic E-state index is 0.216. The number of carbonyl (C=O) groups is 3. The number of hydrogen-bond donors (Lipinski definition) is 1. The number of fused-ring (bicyclic) bond motifs is 1. The molecule has 2 aromatic heterocycles. The zero-order valence-corrected chi connectivity index (χ0v) is 23.3. The molecule has 0 unspecified atom stereocenters. The SMILES string of the molecule is CCC1(NCc2cn(C(=O)OC(C)(C)C)c3nccc(C(=O)OC)c23)CCN(C(=O)OC(C)(C)C)CC1. The molecule has 0 aliphatic carbocycles. The molecule has 0 aromatic carbocycles. The Morgan fingerprint density at radius 2 is 1.62 bits per heavy atom. The molecule has 3 heterocycles. The highest BCUT2D eigenvalue weighted by Crippen LogP contribution is 2.30. The molecule has 0 radical (unpaired) electrons. The Labute approximate surface area is 218 Å². The highest BCUT2D eigenvalue weighted by Gasteiger charge is 2.36. The molecule has 1 aliphatic heterocycles. The van der Waals surface area contributed by atoms with Gasteiger partial charge in [0, 0.05) is 43.0 Å². The lowest BCUT2D eigenvalue weighted by Gasteiger charge is -2.42. The Kier molecular flexibility index (Phi) is 8.21. The van der Waals surface area contributed by atoms with Crippen molar-refractivity contribution in [3.63, 3.8) is 0 Å². The van der Waals surface area contributed by atoms with E-state index in [-0.39, 0.29) is 11.6 Å². The van der Waals surface area contributed by atoms with Crippen LogP contribution in [0, 0.1) is 0 Å². The van der Waals surface area contributed by atoms with Crippen molar-refractivity contribution in [1.29, 1.82) is 0 Å². The maximum absolute atomic E-state index is 13.0. The highest BCUT2D eigenvalue weighted by molar-refractivity contribution is 6.05. The maximum Gasteiger partial charge on any atom is 0.420 e. The number of likely N-dealkylation sites (tertiary alicyclic amines) is 1. The Bertz CT molecular complexity index is 1150. The monoisotopic (exact) mass is 516 g/mol. The van der Waals surface area contributed by atoms with Gasteiger partial charge in [0.2, 0.25) is 0 Å². The summed E-state index contributed by atoms with van der Waals surface area (Å²) in [4.78, 5) is 44.2. The number of esters is 1. The van der Waals surface area contributed by atoms with Gasteiger partial charge in [-0.2, -0.15) is 0 Å². The van der Waals surface area contributed by atoms with E-state index >= 15 is 0 Å². The fourth-order valence-corrected chi connectivity index (χ4v) is 4.48. The molecule has 10 nitrogen and oxygen atoms in total. The summed E-state index contributed by atoms with van der Waals surface area (Å²) in [7, 11) is 1.32. The van der Waals surface area contributed by atoms with Crippen molar-refractivity contribution in [2.75, 3.05) is 20.2 Å². The highest BCUT2D eigenvalue weighted by atomic mass is 16.6. The van der Waals surface area contributed by atoms with Crippen molar-refractivity contribution in [1.82, 2.24) is 19.8 Å². The number of pyridine rings is 1. The van der Waals surface area contributed by atoms with E-state index in [1.165, 1.54) is 17.9 Å². The van der Waals surface area contributed by atoms with Crippen molar-refractivity contribution in [2.24, 2.45) is 0 Å². The number of hydrogen-bond acceptors (Lipinski definition) is 8. The molecular weight excluding hydrogens is 476 g/mol. The fraction of sp³-hybridized carbons (Fsp3) is 0.630. The summed E-state index contributed by atoms with van der Waals surface area (Å²) >= 11 is 0. The third-order valence-corrected chi connectivity index (χ3v) is 6.46. The van der Waals surface area contributed by atoms with Crippen molar-refractivity contribution in [3.05, 3.63) is 29.6 Å². The summed E-state index contributed by atoms with van der Waals surface area (Å²) in [5, 5.41) is 4.21. The molecule has 1 aliphatic rings. The smallest absolute Gasteiger partial charge is 0.420 e. The van der Waals surface area contributed by atoms with Gasteiger partial charge in [0.1, 0.15) is 11.2 Å². The molecule has 204 valence electrons. The minimum Gasteiger partial charge on any atom is -0.465 e. The van der Waals surface area contributed by atoms with Crippen LogP contribution in [0.15, 0.2) is 18.5 Å². The zero-order valence-electron chi connectivity index (χ0n) is 23.3. The van der Waals surface area contributed by atoms with E-state index in [2.05, 4.69) is 17.2 Å². The first-order valence-electron chi connectivity index (χ1n) is 12.7. The molecule has 0 atom stereocenters. The van der Waals surface area contributed by atoms with Crippen molar-refractivity contribution < 1.29 is 28.6 Å². The molecule has 1 N–H and O–H groups in total. The predicted octanol–water partition coefficient (Wildman–Crippen LogP) is 4.88. The Balaban J connectivity index is 1.87. The largest absolute Gasteiger partial charge is 0.465 e. The van der Waals surface area contributed by atoms with Crippen LogP contribution in [0.2, 0.25) is 0 Å². The first-order valence-corrected chi connectivity index (χ1v) is 12.7. The summed E-state index contributed by atoms with van der Waals surface area (Å²) in [6.45, 7) is 14.6. The van der Waals surface area contributed by atoms with Crippen LogP contribution in [0.4, 0.5) is 9.59 Å². The van der Waals surface area contributed by atoms with E-state index in [1.807, 2.05) is 20.8 Å². The Hall–Kier alpha value is -3.14. The normalized spacial score (nSPS) is 15.9. The van der Waals surface area contributed by atoms with Crippen molar-refractivity contribution >= 4 is 29.2 Å². The third kappa shape index (κ3) is 6.80. The standard InChI is InChI=1S/C27H40N4O6/c1-9-27(11-14-30(15-12-27)23(33)36-25(2,3)4)29-16-18-17-31(24(34)37-26(5,6)7)21-20(18)19(10-13-28-21)22(32)35-8/h10,13,17,29H,9,11-12,14-16H2,1-8H3. The minimum atomic E-state index is -0.694. The third-order valence-electron chi connectivity index (χ3n) is 6.46. The van der Waals surface area contributed by atoms with E-state index in [0.29, 0.717) is 36.2 Å². The summed E-state index contributed by atoms with van der Waals surface area (Å²) in [6.07, 6.45) is 4.62. The van der Waals surface area contributed by atoms with Gasteiger partial charge in [-0.05, 0) is 72.4 Å². The number of aromatic nitrogens is 2. The summed E-state index contributed by atoms with van der Waals surface area (Å²) < 4.78 is 17.4. The number of nitrogens with zero attached hydrogens (tertiary/aromatic N) is 3.